The van der Waals surface area contributed by atoms with Gasteiger partial charge in [-0.15, -0.1) is 0 Å². The maximum Gasteiger partial charge on any atom is 0.235 e. The van der Waals surface area contributed by atoms with Gasteiger partial charge < -0.3 is 15.4 Å². The van der Waals surface area contributed by atoms with Crippen LogP contribution in [0, 0.1) is 5.41 Å². The van der Waals surface area contributed by atoms with Crippen molar-refractivity contribution in [3.63, 3.8) is 0 Å². The van der Waals surface area contributed by atoms with E-state index in [1.54, 1.807) is 7.11 Å². The van der Waals surface area contributed by atoms with Crippen LogP contribution in [-0.4, -0.2) is 32.0 Å². The fourth-order valence-electron chi connectivity index (χ4n) is 2.37. The molecule has 0 bridgehead atoms. The molecule has 5 heteroatoms. The summed E-state index contributed by atoms with van der Waals surface area (Å²) in [5.74, 6) is 0.545. The summed E-state index contributed by atoms with van der Waals surface area (Å²) >= 11 is 0. The number of carbonyl (C=O) groups excluding carboxylic acids is 2. The van der Waals surface area contributed by atoms with Crippen molar-refractivity contribution in [1.29, 1.82) is 0 Å². The summed E-state index contributed by atoms with van der Waals surface area (Å²) in [6, 6.07) is 7.76. The summed E-state index contributed by atoms with van der Waals surface area (Å²) in [7, 11) is 1.63. The van der Waals surface area contributed by atoms with Gasteiger partial charge in [-0.05, 0) is 43.4 Å². The van der Waals surface area contributed by atoms with Crippen LogP contribution in [0.15, 0.2) is 24.3 Å². The Morgan fingerprint density at radius 3 is 2.18 bits per heavy atom. The van der Waals surface area contributed by atoms with Gasteiger partial charge in [-0.1, -0.05) is 19.1 Å². The van der Waals surface area contributed by atoms with Gasteiger partial charge in [0.05, 0.1) is 7.11 Å². The molecular formula is C17H24N2O3. The molecule has 5 nitrogen and oxygen atoms in total. The van der Waals surface area contributed by atoms with Crippen molar-refractivity contribution >= 4 is 11.8 Å². The third kappa shape index (κ3) is 3.78. The van der Waals surface area contributed by atoms with E-state index in [2.05, 4.69) is 10.6 Å². The third-order valence-electron chi connectivity index (χ3n) is 4.01. The van der Waals surface area contributed by atoms with Gasteiger partial charge in [-0.25, -0.2) is 0 Å². The number of amides is 2. The standard InChI is InChI=1S/C17H24N2O3/c1-3-11-18-15(20)17(9-10-17)16(21)19-12-8-13-4-6-14(22-2)7-5-13/h4-7H,3,8-12H2,1-2H3,(H,18,20)(H,19,21). The first-order valence-electron chi connectivity index (χ1n) is 7.82. The van der Waals surface area contributed by atoms with E-state index in [1.807, 2.05) is 31.2 Å². The molecule has 1 saturated carbocycles. The average Bonchev–Trinajstić information content (AvgIpc) is 3.35. The smallest absolute Gasteiger partial charge is 0.235 e. The predicted molar refractivity (Wildman–Crippen MR) is 84.7 cm³/mol. The Morgan fingerprint density at radius 2 is 1.68 bits per heavy atom. The first-order valence-corrected chi connectivity index (χ1v) is 7.82. The molecule has 1 fully saturated rings. The van der Waals surface area contributed by atoms with Crippen LogP contribution >= 0.6 is 0 Å². The maximum atomic E-state index is 12.2. The number of benzene rings is 1. The maximum absolute atomic E-state index is 12.2. The molecule has 22 heavy (non-hydrogen) atoms. The van der Waals surface area contributed by atoms with Crippen LogP contribution in [0.25, 0.3) is 0 Å². The molecule has 0 spiro atoms. The van der Waals surface area contributed by atoms with Crippen molar-refractivity contribution in [3.8, 4) is 5.75 Å². The SMILES string of the molecule is CCCNC(=O)C1(C(=O)NCCc2ccc(OC)cc2)CC1. The van der Waals surface area contributed by atoms with Crippen LogP contribution in [0.3, 0.4) is 0 Å². The normalized spacial score (nSPS) is 15.0. The second-order valence-electron chi connectivity index (χ2n) is 5.69. The molecule has 1 aromatic carbocycles. The topological polar surface area (TPSA) is 67.4 Å². The van der Waals surface area contributed by atoms with E-state index >= 15 is 0 Å². The lowest BCUT2D eigenvalue weighted by Crippen LogP contribution is -2.43. The minimum Gasteiger partial charge on any atom is -0.497 e. The van der Waals surface area contributed by atoms with Crippen LogP contribution in [0.2, 0.25) is 0 Å². The van der Waals surface area contributed by atoms with Gasteiger partial charge in [0.1, 0.15) is 11.2 Å². The molecule has 2 amide bonds. The van der Waals surface area contributed by atoms with Crippen LogP contribution in [0.1, 0.15) is 31.7 Å². The summed E-state index contributed by atoms with van der Waals surface area (Å²) in [6.07, 6.45) is 2.91. The largest absolute Gasteiger partial charge is 0.497 e. The minimum absolute atomic E-state index is 0.128. The Balaban J connectivity index is 1.78. The van der Waals surface area contributed by atoms with Gasteiger partial charge in [-0.2, -0.15) is 0 Å². The quantitative estimate of drug-likeness (QED) is 0.718. The van der Waals surface area contributed by atoms with E-state index < -0.39 is 5.41 Å². The van der Waals surface area contributed by atoms with Gasteiger partial charge in [-0.3, -0.25) is 9.59 Å². The Kier molecular flexibility index (Phi) is 5.41. The number of carbonyl (C=O) groups is 2. The van der Waals surface area contributed by atoms with Gasteiger partial charge in [0, 0.05) is 13.1 Å². The molecule has 0 saturated heterocycles. The molecule has 120 valence electrons. The van der Waals surface area contributed by atoms with Gasteiger partial charge >= 0.3 is 0 Å². The van der Waals surface area contributed by atoms with Crippen molar-refractivity contribution in [2.45, 2.75) is 32.6 Å². The van der Waals surface area contributed by atoms with Crippen LogP contribution < -0.4 is 15.4 Å². The van der Waals surface area contributed by atoms with Gasteiger partial charge in [0.2, 0.25) is 11.8 Å². The van der Waals surface area contributed by atoms with E-state index in [0.717, 1.165) is 24.2 Å². The van der Waals surface area contributed by atoms with E-state index in [9.17, 15) is 9.59 Å². The second-order valence-corrected chi connectivity index (χ2v) is 5.69. The van der Waals surface area contributed by atoms with Crippen molar-refractivity contribution in [2.75, 3.05) is 20.2 Å². The number of hydrogen-bond acceptors (Lipinski definition) is 3. The second kappa shape index (κ2) is 7.29. The molecule has 0 aliphatic heterocycles. The van der Waals surface area contributed by atoms with Crippen LogP contribution in [-0.2, 0) is 16.0 Å². The zero-order valence-electron chi connectivity index (χ0n) is 13.3. The molecule has 0 unspecified atom stereocenters. The Labute approximate surface area is 131 Å². The predicted octanol–water partition coefficient (Wildman–Crippen LogP) is 1.66. The third-order valence-corrected chi connectivity index (χ3v) is 4.01. The Bertz CT molecular complexity index is 521. The molecule has 1 aliphatic carbocycles. The van der Waals surface area contributed by atoms with Gasteiger partial charge in [0.25, 0.3) is 0 Å². The average molecular weight is 304 g/mol. The lowest BCUT2D eigenvalue weighted by Gasteiger charge is -2.15. The highest BCUT2D eigenvalue weighted by Gasteiger charge is 2.56. The first-order chi connectivity index (χ1) is 10.6. The number of ether oxygens (including phenoxy) is 1. The van der Waals surface area contributed by atoms with Crippen LogP contribution in [0.4, 0.5) is 0 Å². The molecular weight excluding hydrogens is 280 g/mol. The number of hydrogen-bond donors (Lipinski definition) is 2. The van der Waals surface area contributed by atoms with Crippen molar-refractivity contribution < 1.29 is 14.3 Å². The van der Waals surface area contributed by atoms with E-state index in [-0.39, 0.29) is 11.8 Å². The molecule has 2 N–H and O–H groups in total. The van der Waals surface area contributed by atoms with E-state index in [4.69, 9.17) is 4.74 Å². The summed E-state index contributed by atoms with van der Waals surface area (Å²) in [5, 5.41) is 5.71. The highest BCUT2D eigenvalue weighted by molar-refractivity contribution is 6.07. The summed E-state index contributed by atoms with van der Waals surface area (Å²) in [6.45, 7) is 3.16. The minimum atomic E-state index is -0.810. The highest BCUT2D eigenvalue weighted by Crippen LogP contribution is 2.46. The molecule has 2 rings (SSSR count). The molecule has 0 radical (unpaired) electrons. The fraction of sp³-hybridized carbons (Fsp3) is 0.529. The van der Waals surface area contributed by atoms with Crippen molar-refractivity contribution in [1.82, 2.24) is 10.6 Å². The van der Waals surface area contributed by atoms with Crippen molar-refractivity contribution in [2.24, 2.45) is 5.41 Å². The van der Waals surface area contributed by atoms with E-state index in [0.29, 0.717) is 25.9 Å². The summed E-state index contributed by atoms with van der Waals surface area (Å²) in [5.41, 5.74) is 0.316. The van der Waals surface area contributed by atoms with E-state index in [1.165, 1.54) is 0 Å². The molecule has 0 atom stereocenters. The lowest BCUT2D eigenvalue weighted by molar-refractivity contribution is -0.137. The molecule has 0 aromatic heterocycles. The Hall–Kier alpha value is -2.04. The Morgan fingerprint density at radius 1 is 1.09 bits per heavy atom. The van der Waals surface area contributed by atoms with Crippen LogP contribution in [0.5, 0.6) is 5.75 Å². The first kappa shape index (κ1) is 16.3. The van der Waals surface area contributed by atoms with Gasteiger partial charge in [0.15, 0.2) is 0 Å². The summed E-state index contributed by atoms with van der Waals surface area (Å²) < 4.78 is 5.11. The molecule has 0 heterocycles. The zero-order valence-corrected chi connectivity index (χ0v) is 13.3. The molecule has 1 aliphatic rings. The number of rotatable bonds is 8. The summed E-state index contributed by atoms with van der Waals surface area (Å²) in [4.78, 5) is 24.3. The zero-order chi connectivity index (χ0) is 16.0. The highest BCUT2D eigenvalue weighted by atomic mass is 16.5. The monoisotopic (exact) mass is 304 g/mol. The lowest BCUT2D eigenvalue weighted by atomic mass is 10.0. The number of methoxy groups -OCH3 is 1. The fourth-order valence-corrected chi connectivity index (χ4v) is 2.37. The molecule has 1 aromatic rings. The van der Waals surface area contributed by atoms with Crippen molar-refractivity contribution in [3.05, 3.63) is 29.8 Å². The number of nitrogens with one attached hydrogen (secondary N) is 2.